The summed E-state index contributed by atoms with van der Waals surface area (Å²) in [4.78, 5) is 16.9. The average molecular weight is 297 g/mol. The molecule has 1 amide bonds. The lowest BCUT2D eigenvalue weighted by molar-refractivity contribution is -0.141. The Bertz CT molecular complexity index is 372. The molecular formula is C16H31N3O2. The molecule has 0 aromatic rings. The van der Waals surface area contributed by atoms with Gasteiger partial charge in [0.05, 0.1) is 11.1 Å². The van der Waals surface area contributed by atoms with Gasteiger partial charge in [-0.1, -0.05) is 19.8 Å². The molecule has 5 heteroatoms. The molecule has 0 aromatic carbocycles. The van der Waals surface area contributed by atoms with Gasteiger partial charge in [0, 0.05) is 32.7 Å². The number of β-amino-alcohol motifs (C(OH)–C–C–N with tert-alkyl or cyclic N) is 1. The third kappa shape index (κ3) is 4.41. The molecule has 0 bridgehead atoms. The van der Waals surface area contributed by atoms with Crippen LogP contribution >= 0.6 is 0 Å². The Kier molecular flexibility index (Phi) is 4.96. The smallest absolute Gasteiger partial charge is 0.242 e. The van der Waals surface area contributed by atoms with E-state index in [0.29, 0.717) is 12.5 Å². The minimum atomic E-state index is -0.680. The second-order valence-electron chi connectivity index (χ2n) is 7.74. The minimum Gasteiger partial charge on any atom is -0.389 e. The number of hydrogen-bond acceptors (Lipinski definition) is 4. The number of aliphatic hydroxyl groups is 1. The molecule has 0 radical (unpaired) electrons. The van der Waals surface area contributed by atoms with Crippen LogP contribution in [0.15, 0.2) is 0 Å². The van der Waals surface area contributed by atoms with Crippen molar-refractivity contribution in [3.63, 3.8) is 0 Å². The summed E-state index contributed by atoms with van der Waals surface area (Å²) in [5, 5.41) is 9.88. The summed E-state index contributed by atoms with van der Waals surface area (Å²) in [7, 11) is 0. The minimum absolute atomic E-state index is 0.136. The van der Waals surface area contributed by atoms with Gasteiger partial charge in [-0.15, -0.1) is 0 Å². The van der Waals surface area contributed by atoms with Gasteiger partial charge in [-0.3, -0.25) is 9.69 Å². The Hall–Kier alpha value is -0.650. The zero-order valence-electron chi connectivity index (χ0n) is 13.8. The fourth-order valence-corrected chi connectivity index (χ4v) is 3.76. The summed E-state index contributed by atoms with van der Waals surface area (Å²) in [6.07, 6.45) is 3.88. The monoisotopic (exact) mass is 297 g/mol. The average Bonchev–Trinajstić information content (AvgIpc) is 2.36. The highest BCUT2D eigenvalue weighted by Crippen LogP contribution is 2.32. The van der Waals surface area contributed by atoms with Gasteiger partial charge in [-0.05, 0) is 32.6 Å². The molecular weight excluding hydrogens is 266 g/mol. The zero-order chi connectivity index (χ0) is 15.7. The van der Waals surface area contributed by atoms with Crippen LogP contribution in [-0.4, -0.2) is 64.7 Å². The molecule has 2 atom stereocenters. The number of carbonyl (C=O) groups excluding carboxylic acids is 1. The van der Waals surface area contributed by atoms with Gasteiger partial charge in [0.25, 0.3) is 0 Å². The van der Waals surface area contributed by atoms with E-state index >= 15 is 0 Å². The number of hydrogen-bond donors (Lipinski definition) is 2. The van der Waals surface area contributed by atoms with Crippen LogP contribution in [0.5, 0.6) is 0 Å². The van der Waals surface area contributed by atoms with Crippen molar-refractivity contribution in [3.05, 3.63) is 0 Å². The lowest BCUT2D eigenvalue weighted by Crippen LogP contribution is -2.61. The third-order valence-electron chi connectivity index (χ3n) is 4.73. The molecule has 2 fully saturated rings. The second kappa shape index (κ2) is 6.23. The van der Waals surface area contributed by atoms with E-state index in [0.717, 1.165) is 45.4 Å². The highest BCUT2D eigenvalue weighted by atomic mass is 16.3. The Morgan fingerprint density at radius 2 is 1.95 bits per heavy atom. The van der Waals surface area contributed by atoms with Crippen LogP contribution in [0, 0.1) is 5.92 Å². The maximum atomic E-state index is 12.7. The van der Waals surface area contributed by atoms with Gasteiger partial charge in [-0.25, -0.2) is 0 Å². The highest BCUT2D eigenvalue weighted by molar-refractivity contribution is 5.86. The number of carbonyl (C=O) groups is 1. The van der Waals surface area contributed by atoms with Crippen LogP contribution in [0.25, 0.3) is 0 Å². The van der Waals surface area contributed by atoms with E-state index in [1.807, 2.05) is 18.7 Å². The first-order valence-corrected chi connectivity index (χ1v) is 8.23. The molecule has 21 heavy (non-hydrogen) atoms. The van der Waals surface area contributed by atoms with Crippen LogP contribution in [0.2, 0.25) is 0 Å². The molecule has 0 spiro atoms. The molecule has 2 rings (SSSR count). The fourth-order valence-electron chi connectivity index (χ4n) is 3.76. The quantitative estimate of drug-likeness (QED) is 0.809. The van der Waals surface area contributed by atoms with Gasteiger partial charge in [0.2, 0.25) is 5.91 Å². The normalized spacial score (nSPS) is 32.2. The Morgan fingerprint density at radius 1 is 1.33 bits per heavy atom. The summed E-state index contributed by atoms with van der Waals surface area (Å²) in [5.74, 6) is 0.682. The lowest BCUT2D eigenvalue weighted by atomic mass is 9.76. The number of nitrogens with two attached hydrogens (primary N) is 1. The van der Waals surface area contributed by atoms with Gasteiger partial charge >= 0.3 is 0 Å². The van der Waals surface area contributed by atoms with Crippen LogP contribution in [-0.2, 0) is 4.79 Å². The first-order chi connectivity index (χ1) is 9.70. The first-order valence-electron chi connectivity index (χ1n) is 8.23. The van der Waals surface area contributed by atoms with Crippen molar-refractivity contribution in [1.29, 1.82) is 0 Å². The molecule has 2 unspecified atom stereocenters. The van der Waals surface area contributed by atoms with E-state index in [1.54, 1.807) is 0 Å². The maximum Gasteiger partial charge on any atom is 0.242 e. The Labute approximate surface area is 128 Å². The first kappa shape index (κ1) is 16.7. The molecule has 1 heterocycles. The molecule has 3 N–H and O–H groups in total. The van der Waals surface area contributed by atoms with Gasteiger partial charge in [-0.2, -0.15) is 0 Å². The van der Waals surface area contributed by atoms with Crippen molar-refractivity contribution in [2.45, 2.75) is 57.6 Å². The summed E-state index contributed by atoms with van der Waals surface area (Å²) in [6, 6.07) is 0. The third-order valence-corrected chi connectivity index (χ3v) is 4.73. The van der Waals surface area contributed by atoms with Crippen LogP contribution in [0.4, 0.5) is 0 Å². The standard InChI is InChI=1S/C16H31N3O2/c1-13-5-4-6-16(17,11-13)14(20)19-9-7-18(8-10-19)12-15(2,3)21/h13,21H,4-12,17H2,1-3H3. The number of piperazine rings is 1. The molecule has 0 aromatic heterocycles. The van der Waals surface area contributed by atoms with Gasteiger partial charge in [0.1, 0.15) is 0 Å². The Morgan fingerprint density at radius 3 is 2.48 bits per heavy atom. The molecule has 1 aliphatic heterocycles. The number of amides is 1. The van der Waals surface area contributed by atoms with Crippen LogP contribution in [0.1, 0.15) is 46.5 Å². The van der Waals surface area contributed by atoms with Crippen LogP contribution < -0.4 is 5.73 Å². The molecule has 2 aliphatic rings. The second-order valence-corrected chi connectivity index (χ2v) is 7.74. The van der Waals surface area contributed by atoms with Gasteiger partial charge in [0.15, 0.2) is 0 Å². The van der Waals surface area contributed by atoms with Crippen LogP contribution in [0.3, 0.4) is 0 Å². The summed E-state index contributed by atoms with van der Waals surface area (Å²) in [5.41, 5.74) is 5.09. The fraction of sp³-hybridized carbons (Fsp3) is 0.938. The molecule has 122 valence electrons. The number of rotatable bonds is 3. The van der Waals surface area contributed by atoms with Crippen molar-refractivity contribution in [2.75, 3.05) is 32.7 Å². The topological polar surface area (TPSA) is 69.8 Å². The predicted molar refractivity (Wildman–Crippen MR) is 83.9 cm³/mol. The predicted octanol–water partition coefficient (Wildman–Crippen LogP) is 0.809. The van der Waals surface area contributed by atoms with Crippen molar-refractivity contribution in [1.82, 2.24) is 9.80 Å². The summed E-state index contributed by atoms with van der Waals surface area (Å²) >= 11 is 0. The van der Waals surface area contributed by atoms with Crippen molar-refractivity contribution in [2.24, 2.45) is 11.7 Å². The lowest BCUT2D eigenvalue weighted by Gasteiger charge is -2.43. The molecule has 1 aliphatic carbocycles. The van der Waals surface area contributed by atoms with Crippen molar-refractivity contribution >= 4 is 5.91 Å². The summed E-state index contributed by atoms with van der Waals surface area (Å²) < 4.78 is 0. The largest absolute Gasteiger partial charge is 0.389 e. The van der Waals surface area contributed by atoms with Crippen molar-refractivity contribution in [3.8, 4) is 0 Å². The Balaban J connectivity index is 1.88. The molecule has 1 saturated carbocycles. The molecule has 1 saturated heterocycles. The van der Waals surface area contributed by atoms with E-state index in [-0.39, 0.29) is 5.91 Å². The highest BCUT2D eigenvalue weighted by Gasteiger charge is 2.41. The van der Waals surface area contributed by atoms with E-state index < -0.39 is 11.1 Å². The molecule has 5 nitrogen and oxygen atoms in total. The van der Waals surface area contributed by atoms with E-state index in [4.69, 9.17) is 5.73 Å². The zero-order valence-corrected chi connectivity index (χ0v) is 13.8. The summed E-state index contributed by atoms with van der Waals surface area (Å²) in [6.45, 7) is 9.58. The number of nitrogens with zero attached hydrogens (tertiary/aromatic N) is 2. The van der Waals surface area contributed by atoms with E-state index in [9.17, 15) is 9.90 Å². The maximum absolute atomic E-state index is 12.7. The van der Waals surface area contributed by atoms with Gasteiger partial charge < -0.3 is 15.7 Å². The van der Waals surface area contributed by atoms with E-state index in [2.05, 4.69) is 11.8 Å². The SMILES string of the molecule is CC1CCCC(N)(C(=O)N2CCN(CC(C)(C)O)CC2)C1. The van der Waals surface area contributed by atoms with Crippen molar-refractivity contribution < 1.29 is 9.90 Å². The van der Waals surface area contributed by atoms with E-state index in [1.165, 1.54) is 6.42 Å².